The van der Waals surface area contributed by atoms with Crippen LogP contribution >= 0.6 is 0 Å². The van der Waals surface area contributed by atoms with E-state index in [2.05, 4.69) is 34.6 Å². The molecule has 4 saturated carbocycles. The van der Waals surface area contributed by atoms with Gasteiger partial charge in [-0.25, -0.2) is 0 Å². The highest BCUT2D eigenvalue weighted by Crippen LogP contribution is 2.76. The molecule has 8 N–H and O–H groups in total. The van der Waals surface area contributed by atoms with Crippen molar-refractivity contribution in [2.45, 2.75) is 161 Å². The molecule has 0 bridgehead atoms. The van der Waals surface area contributed by atoms with Crippen molar-refractivity contribution in [2.24, 2.45) is 45.3 Å². The quantitative estimate of drug-likeness (QED) is 0.150. The molecule has 16 atom stereocenters. The fourth-order valence-electron chi connectivity index (χ4n) is 11.8. The highest BCUT2D eigenvalue weighted by molar-refractivity contribution is 5.22. The number of aliphatic hydroxyl groups is 8. The van der Waals surface area contributed by atoms with Crippen LogP contribution in [0.2, 0.25) is 0 Å². The Morgan fingerprint density at radius 2 is 1.52 bits per heavy atom. The van der Waals surface area contributed by atoms with Crippen LogP contribution in [0.15, 0.2) is 12.2 Å². The highest BCUT2D eigenvalue weighted by atomic mass is 16.7. The second-order valence-electron chi connectivity index (χ2n) is 17.9. The maximum Gasteiger partial charge on any atom is 0.186 e. The van der Waals surface area contributed by atoms with E-state index in [1.807, 2.05) is 13.0 Å². The van der Waals surface area contributed by atoms with Crippen molar-refractivity contribution in [3.05, 3.63) is 12.2 Å². The van der Waals surface area contributed by atoms with E-state index in [0.717, 1.165) is 12.8 Å². The monoisotopic (exact) mass is 654 g/mol. The summed E-state index contributed by atoms with van der Waals surface area (Å²) < 4.78 is 12.6. The highest BCUT2D eigenvalue weighted by Gasteiger charge is 2.73. The molecule has 46 heavy (non-hydrogen) atoms. The van der Waals surface area contributed by atoms with Crippen molar-refractivity contribution in [1.82, 2.24) is 0 Å². The molecule has 1 saturated heterocycles. The summed E-state index contributed by atoms with van der Waals surface area (Å²) in [6.07, 6.45) is -0.895. The summed E-state index contributed by atoms with van der Waals surface area (Å²) in [7, 11) is 0. The second-order valence-corrected chi connectivity index (χ2v) is 17.9. The lowest BCUT2D eigenvalue weighted by molar-refractivity contribution is -0.339. The molecule has 10 nitrogen and oxygen atoms in total. The first-order valence-electron chi connectivity index (χ1n) is 17.5. The van der Waals surface area contributed by atoms with Crippen LogP contribution in [0.25, 0.3) is 0 Å². The lowest BCUT2D eigenvalue weighted by Gasteiger charge is -2.71. The first-order valence-corrected chi connectivity index (χ1v) is 17.5. The molecule has 0 spiro atoms. The van der Waals surface area contributed by atoms with Gasteiger partial charge in [0.05, 0.1) is 36.1 Å². The van der Waals surface area contributed by atoms with Gasteiger partial charge in [0.1, 0.15) is 24.4 Å². The summed E-state index contributed by atoms with van der Waals surface area (Å²) in [5.41, 5.74) is -3.78. The zero-order chi connectivity index (χ0) is 34.4. The van der Waals surface area contributed by atoms with E-state index in [1.54, 1.807) is 19.9 Å². The SMILES string of the molecule is CC(C)(O)/C=C/C[C@](C)(O)C1CC[C@]2(C)C1[C@H](O[C@H]1O[C@@H](CO)[C@H](O)[C@@H](O)[C@@H]1O)CC1[C@@]3(C)CC[C@H](O)C(C)(C)C3[C@@H](O)C[C@]12C. The average molecular weight is 655 g/mol. The van der Waals surface area contributed by atoms with Crippen LogP contribution in [0.4, 0.5) is 0 Å². The molecule has 0 aromatic carbocycles. The van der Waals surface area contributed by atoms with E-state index in [4.69, 9.17) is 9.47 Å². The van der Waals surface area contributed by atoms with Gasteiger partial charge in [0.25, 0.3) is 0 Å². The Kier molecular flexibility index (Phi) is 9.55. The lowest BCUT2D eigenvalue weighted by Crippen LogP contribution is -2.70. The van der Waals surface area contributed by atoms with Crippen LogP contribution in [0.5, 0.6) is 0 Å². The van der Waals surface area contributed by atoms with Crippen molar-refractivity contribution in [3.8, 4) is 0 Å². The van der Waals surface area contributed by atoms with Crippen LogP contribution in [0.1, 0.15) is 100 Å². The molecular weight excluding hydrogens is 592 g/mol. The minimum absolute atomic E-state index is 0.0649. The van der Waals surface area contributed by atoms with Crippen LogP contribution in [0.3, 0.4) is 0 Å². The van der Waals surface area contributed by atoms with Gasteiger partial charge >= 0.3 is 0 Å². The Morgan fingerprint density at radius 1 is 0.870 bits per heavy atom. The van der Waals surface area contributed by atoms with E-state index in [9.17, 15) is 40.9 Å². The smallest absolute Gasteiger partial charge is 0.186 e. The molecular formula is C36H62O10. The number of hydrogen-bond acceptors (Lipinski definition) is 10. The second kappa shape index (κ2) is 12.0. The van der Waals surface area contributed by atoms with Gasteiger partial charge in [-0.05, 0) is 111 Å². The molecule has 4 aliphatic carbocycles. The molecule has 0 amide bonds. The van der Waals surface area contributed by atoms with E-state index < -0.39 is 77.7 Å². The zero-order valence-electron chi connectivity index (χ0n) is 29.1. The first-order chi connectivity index (χ1) is 21.0. The normalized spacial score (nSPS) is 52.1. The summed E-state index contributed by atoms with van der Waals surface area (Å²) in [6.45, 7) is 15.6. The third kappa shape index (κ3) is 5.64. The van der Waals surface area contributed by atoms with E-state index in [-0.39, 0.29) is 34.5 Å². The number of fused-ring (bicyclic) bond motifs is 5. The predicted octanol–water partition coefficient (Wildman–Crippen LogP) is 2.27. The molecule has 4 unspecified atom stereocenters. The van der Waals surface area contributed by atoms with Gasteiger partial charge in [-0.2, -0.15) is 0 Å². The van der Waals surface area contributed by atoms with Gasteiger partial charge in [-0.3, -0.25) is 0 Å². The van der Waals surface area contributed by atoms with Crippen molar-refractivity contribution in [2.75, 3.05) is 6.61 Å². The van der Waals surface area contributed by atoms with Gasteiger partial charge < -0.3 is 50.3 Å². The number of ether oxygens (including phenoxy) is 2. The summed E-state index contributed by atoms with van der Waals surface area (Å²) in [6, 6.07) is 0. The van der Waals surface area contributed by atoms with Crippen molar-refractivity contribution >= 4 is 0 Å². The topological polar surface area (TPSA) is 180 Å². The Bertz CT molecular complexity index is 1130. The van der Waals surface area contributed by atoms with E-state index in [0.29, 0.717) is 32.1 Å². The number of hydrogen-bond donors (Lipinski definition) is 8. The standard InChI is InChI=1S/C36H62O10/c1-31(2,43)12-9-13-36(8,44)19-10-15-34(6)25(19)21(45-30-28(42)27(41)26(40)22(18-37)46-30)16-23-33(5)14-11-24(39)32(3,4)29(33)20(38)17-35(23,34)7/h9,12,19-30,37-44H,10-11,13-18H2,1-8H3/b12-9+/t19?,20-,21+,22-,23?,24-,25?,26-,27+,28-,29?,30-,33+,34+,35+,36-/m0/s1. The van der Waals surface area contributed by atoms with Crippen LogP contribution in [0, 0.1) is 45.3 Å². The molecule has 0 aromatic rings. The molecule has 1 aliphatic heterocycles. The number of rotatable bonds is 7. The van der Waals surface area contributed by atoms with Crippen molar-refractivity contribution in [1.29, 1.82) is 0 Å². The third-order valence-corrected chi connectivity index (χ3v) is 14.2. The minimum Gasteiger partial charge on any atom is -0.394 e. The zero-order valence-corrected chi connectivity index (χ0v) is 29.1. The maximum atomic E-state index is 12.1. The first kappa shape index (κ1) is 36.6. The molecule has 5 rings (SSSR count). The maximum absolute atomic E-state index is 12.1. The summed E-state index contributed by atoms with van der Waals surface area (Å²) >= 11 is 0. The molecule has 0 radical (unpaired) electrons. The molecule has 5 aliphatic rings. The molecule has 5 fully saturated rings. The molecule has 10 heteroatoms. The van der Waals surface area contributed by atoms with Gasteiger partial charge in [0, 0.05) is 0 Å². The van der Waals surface area contributed by atoms with Crippen molar-refractivity contribution < 1.29 is 50.3 Å². The number of aliphatic hydroxyl groups excluding tert-OH is 6. The largest absolute Gasteiger partial charge is 0.394 e. The fourth-order valence-corrected chi connectivity index (χ4v) is 11.8. The Balaban J connectivity index is 1.58. The summed E-state index contributed by atoms with van der Waals surface area (Å²) in [4.78, 5) is 0. The third-order valence-electron chi connectivity index (χ3n) is 14.2. The molecule has 0 aromatic heterocycles. The Morgan fingerprint density at radius 3 is 2.13 bits per heavy atom. The van der Waals surface area contributed by atoms with E-state index >= 15 is 0 Å². The predicted molar refractivity (Wildman–Crippen MR) is 171 cm³/mol. The Hall–Kier alpha value is -0.660. The Labute approximate surface area is 274 Å². The van der Waals surface area contributed by atoms with Crippen LogP contribution in [-0.4, -0.2) is 108 Å². The summed E-state index contributed by atoms with van der Waals surface area (Å²) in [5, 5.41) is 87.5. The van der Waals surface area contributed by atoms with Gasteiger partial charge in [0.15, 0.2) is 6.29 Å². The van der Waals surface area contributed by atoms with Crippen LogP contribution < -0.4 is 0 Å². The van der Waals surface area contributed by atoms with Gasteiger partial charge in [-0.15, -0.1) is 0 Å². The summed E-state index contributed by atoms with van der Waals surface area (Å²) in [5.74, 6) is -0.539. The van der Waals surface area contributed by atoms with Crippen LogP contribution in [-0.2, 0) is 9.47 Å². The molecule has 1 heterocycles. The fraction of sp³-hybridized carbons (Fsp3) is 0.944. The van der Waals surface area contributed by atoms with Crippen molar-refractivity contribution in [3.63, 3.8) is 0 Å². The minimum atomic E-state index is -1.57. The average Bonchev–Trinajstić information content (AvgIpc) is 3.31. The molecule has 266 valence electrons. The lowest BCUT2D eigenvalue weighted by atomic mass is 9.34. The van der Waals surface area contributed by atoms with E-state index in [1.165, 1.54) is 0 Å². The van der Waals surface area contributed by atoms with Gasteiger partial charge in [-0.1, -0.05) is 46.8 Å². The van der Waals surface area contributed by atoms with Gasteiger partial charge in [0.2, 0.25) is 0 Å².